The first kappa shape index (κ1) is 30.6. The van der Waals surface area contributed by atoms with Crippen LogP contribution in [-0.2, 0) is 22.5 Å². The van der Waals surface area contributed by atoms with Gasteiger partial charge in [0.05, 0.1) is 12.1 Å². The van der Waals surface area contributed by atoms with Crippen molar-refractivity contribution in [3.63, 3.8) is 0 Å². The smallest absolute Gasteiger partial charge is 0.343 e. The van der Waals surface area contributed by atoms with Gasteiger partial charge in [-0.05, 0) is 84.8 Å². The van der Waals surface area contributed by atoms with Gasteiger partial charge in [0.25, 0.3) is 5.91 Å². The second-order valence-corrected chi connectivity index (χ2v) is 9.91. The van der Waals surface area contributed by atoms with Crippen LogP contribution in [0.15, 0.2) is 48.5 Å². The Kier molecular flexibility index (Phi) is 11.7. The molecule has 1 aliphatic carbocycles. The van der Waals surface area contributed by atoms with Gasteiger partial charge in [-0.3, -0.25) is 9.59 Å². The van der Waals surface area contributed by atoms with E-state index in [0.717, 1.165) is 37.1 Å². The van der Waals surface area contributed by atoms with E-state index in [1.807, 2.05) is 18.2 Å². The molecule has 2 aliphatic rings. The maximum Gasteiger partial charge on any atom is 0.416 e. The van der Waals surface area contributed by atoms with E-state index in [2.05, 4.69) is 28.6 Å². The number of carbonyl (C=O) groups excluding carboxylic acids is 2. The minimum absolute atomic E-state index is 0.0727. The predicted octanol–water partition coefficient (Wildman–Crippen LogP) is 5.78. The van der Waals surface area contributed by atoms with Crippen LogP contribution in [-0.4, -0.2) is 48.9 Å². The SMILES string of the molecule is CCNC1CCC(c2ccccc2COF)CC1.O=C(NCC(=O)N1CCCC1)c1cccc(C(F)(F)F)c1. The fraction of sp³-hybridized carbons (Fsp3) is 0.517. The highest BCUT2D eigenvalue weighted by Crippen LogP contribution is 2.35. The number of hydrogen-bond donors (Lipinski definition) is 2. The molecule has 0 bridgehead atoms. The van der Waals surface area contributed by atoms with Crippen LogP contribution in [0.3, 0.4) is 0 Å². The molecule has 6 nitrogen and oxygen atoms in total. The third-order valence-electron chi connectivity index (χ3n) is 7.24. The first-order valence-corrected chi connectivity index (χ1v) is 13.5. The number of nitrogens with one attached hydrogen (secondary N) is 2. The van der Waals surface area contributed by atoms with Crippen LogP contribution < -0.4 is 10.6 Å². The maximum absolute atomic E-state index is 12.6. The topological polar surface area (TPSA) is 70.7 Å². The molecule has 0 spiro atoms. The van der Waals surface area contributed by atoms with Gasteiger partial charge in [0, 0.05) is 24.7 Å². The lowest BCUT2D eigenvalue weighted by Gasteiger charge is -2.30. The first-order chi connectivity index (χ1) is 18.7. The third-order valence-corrected chi connectivity index (χ3v) is 7.24. The standard InChI is InChI=1S/C15H22FNO.C14H15F3N2O2/c1-2-17-14-9-7-12(8-10-14)15-6-4-3-5-13(15)11-18-16;15-14(16,17)11-5-3-4-10(8-11)13(21)18-9-12(20)19-6-1-2-7-19/h3-6,12,14,17H,2,7-11H2,1H3;3-5,8H,1-2,6-7,9H2,(H,18,21). The summed E-state index contributed by atoms with van der Waals surface area (Å²) in [6, 6.07) is 12.8. The molecule has 39 heavy (non-hydrogen) atoms. The van der Waals surface area contributed by atoms with Gasteiger partial charge >= 0.3 is 6.18 Å². The fourth-order valence-corrected chi connectivity index (χ4v) is 5.19. The molecule has 2 fully saturated rings. The third kappa shape index (κ3) is 9.32. The highest BCUT2D eigenvalue weighted by atomic mass is 19.4. The van der Waals surface area contributed by atoms with E-state index in [9.17, 15) is 27.3 Å². The molecule has 1 saturated heterocycles. The Labute approximate surface area is 227 Å². The van der Waals surface area contributed by atoms with E-state index in [0.29, 0.717) is 25.0 Å². The molecule has 1 saturated carbocycles. The van der Waals surface area contributed by atoms with Gasteiger partial charge in [-0.25, -0.2) is 0 Å². The van der Waals surface area contributed by atoms with E-state index in [1.165, 1.54) is 43.4 Å². The van der Waals surface area contributed by atoms with Gasteiger partial charge in [-0.15, -0.1) is 0 Å². The predicted molar refractivity (Wildman–Crippen MR) is 141 cm³/mol. The fourth-order valence-electron chi connectivity index (χ4n) is 5.19. The number of carbonyl (C=O) groups is 2. The largest absolute Gasteiger partial charge is 0.416 e. The van der Waals surface area contributed by atoms with Crippen LogP contribution in [0.4, 0.5) is 17.7 Å². The van der Waals surface area contributed by atoms with Crippen LogP contribution in [0, 0.1) is 0 Å². The lowest BCUT2D eigenvalue weighted by molar-refractivity contribution is -0.144. The Morgan fingerprint density at radius 2 is 1.69 bits per heavy atom. The van der Waals surface area contributed by atoms with Gasteiger partial charge in [0.1, 0.15) is 6.61 Å². The number of amides is 2. The zero-order valence-corrected chi connectivity index (χ0v) is 22.2. The van der Waals surface area contributed by atoms with E-state index in [4.69, 9.17) is 0 Å². The Morgan fingerprint density at radius 3 is 2.33 bits per heavy atom. The summed E-state index contributed by atoms with van der Waals surface area (Å²) in [4.78, 5) is 29.0. The summed E-state index contributed by atoms with van der Waals surface area (Å²) in [5, 5.41) is 5.87. The molecule has 1 heterocycles. The van der Waals surface area contributed by atoms with Crippen molar-refractivity contribution in [3.8, 4) is 0 Å². The van der Waals surface area contributed by atoms with Crippen LogP contribution in [0.5, 0.6) is 0 Å². The number of alkyl halides is 3. The van der Waals surface area contributed by atoms with Crippen molar-refractivity contribution >= 4 is 11.8 Å². The average Bonchev–Trinajstić information content (AvgIpc) is 3.48. The van der Waals surface area contributed by atoms with Gasteiger partial charge in [-0.1, -0.05) is 37.3 Å². The molecule has 2 aromatic rings. The van der Waals surface area contributed by atoms with E-state index in [1.54, 1.807) is 4.90 Å². The van der Waals surface area contributed by atoms with Crippen LogP contribution in [0.25, 0.3) is 0 Å². The van der Waals surface area contributed by atoms with Crippen molar-refractivity contribution in [2.24, 2.45) is 0 Å². The maximum atomic E-state index is 12.6. The van der Waals surface area contributed by atoms with E-state index >= 15 is 0 Å². The Hall–Kier alpha value is -2.98. The van der Waals surface area contributed by atoms with Crippen molar-refractivity contribution in [2.75, 3.05) is 26.2 Å². The minimum Gasteiger partial charge on any atom is -0.343 e. The van der Waals surface area contributed by atoms with Crippen LogP contribution in [0.1, 0.15) is 78.4 Å². The first-order valence-electron chi connectivity index (χ1n) is 13.5. The molecule has 2 amide bonds. The molecule has 0 radical (unpaired) electrons. The number of benzene rings is 2. The van der Waals surface area contributed by atoms with Crippen LogP contribution in [0.2, 0.25) is 0 Å². The van der Waals surface area contributed by atoms with E-state index in [-0.39, 0.29) is 24.6 Å². The number of likely N-dealkylation sites (tertiary alicyclic amines) is 1. The summed E-state index contributed by atoms with van der Waals surface area (Å²) >= 11 is 0. The summed E-state index contributed by atoms with van der Waals surface area (Å²) in [6.45, 7) is 4.40. The van der Waals surface area contributed by atoms with E-state index < -0.39 is 17.6 Å². The quantitative estimate of drug-likeness (QED) is 0.408. The number of nitrogens with zero attached hydrogens (tertiary/aromatic N) is 1. The zero-order chi connectivity index (χ0) is 28.3. The van der Waals surface area contributed by atoms with Crippen molar-refractivity contribution in [1.82, 2.24) is 15.5 Å². The molecule has 4 rings (SSSR count). The molecule has 10 heteroatoms. The van der Waals surface area contributed by atoms with Gasteiger partial charge in [0.15, 0.2) is 0 Å². The molecule has 2 aromatic carbocycles. The zero-order valence-electron chi connectivity index (χ0n) is 22.2. The molecule has 1 aliphatic heterocycles. The van der Waals surface area contributed by atoms with Gasteiger partial charge < -0.3 is 15.5 Å². The highest BCUT2D eigenvalue weighted by Gasteiger charge is 2.31. The number of halogens is 4. The molecule has 214 valence electrons. The normalized spacial score (nSPS) is 19.3. The summed E-state index contributed by atoms with van der Waals surface area (Å²) in [5.41, 5.74) is 1.26. The Bertz CT molecular complexity index is 1070. The molecule has 0 atom stereocenters. The molecule has 0 aromatic heterocycles. The van der Waals surface area contributed by atoms with Crippen molar-refractivity contribution in [2.45, 2.75) is 70.2 Å². The van der Waals surface area contributed by atoms with Gasteiger partial charge in [0.2, 0.25) is 5.91 Å². The molecular formula is C29H37F4N3O3. The second kappa shape index (κ2) is 15.0. The average molecular weight is 552 g/mol. The summed E-state index contributed by atoms with van der Waals surface area (Å²) in [5.74, 6) is -0.340. The van der Waals surface area contributed by atoms with Crippen molar-refractivity contribution in [1.29, 1.82) is 0 Å². The molecule has 2 N–H and O–H groups in total. The minimum atomic E-state index is -4.50. The molecule has 0 unspecified atom stereocenters. The van der Waals surface area contributed by atoms with Crippen molar-refractivity contribution in [3.05, 3.63) is 70.8 Å². The van der Waals surface area contributed by atoms with Gasteiger partial charge in [-0.2, -0.15) is 18.1 Å². The number of hydrogen-bond acceptors (Lipinski definition) is 4. The van der Waals surface area contributed by atoms with Crippen LogP contribution >= 0.6 is 0 Å². The Morgan fingerprint density at radius 1 is 1.00 bits per heavy atom. The number of rotatable bonds is 8. The monoisotopic (exact) mass is 551 g/mol. The second-order valence-electron chi connectivity index (χ2n) is 9.91. The van der Waals surface area contributed by atoms with Crippen molar-refractivity contribution < 1.29 is 32.2 Å². The summed E-state index contributed by atoms with van der Waals surface area (Å²) in [7, 11) is 0. The summed E-state index contributed by atoms with van der Waals surface area (Å²) in [6.07, 6.45) is 2.16. The summed E-state index contributed by atoms with van der Waals surface area (Å²) < 4.78 is 49.8. The highest BCUT2D eigenvalue weighted by molar-refractivity contribution is 5.96. The Balaban J connectivity index is 0.000000218. The lowest BCUT2D eigenvalue weighted by atomic mass is 9.80. The molecular weight excluding hydrogens is 514 g/mol. The lowest BCUT2D eigenvalue weighted by Crippen LogP contribution is -2.38.